The highest BCUT2D eigenvalue weighted by Gasteiger charge is 2.33. The van der Waals surface area contributed by atoms with Crippen molar-refractivity contribution in [2.75, 3.05) is 62.7 Å². The average molecular weight is 460 g/mol. The molecule has 1 aromatic carbocycles. The van der Waals surface area contributed by atoms with Gasteiger partial charge in [0.25, 0.3) is 5.91 Å². The molecule has 2 aliphatic rings. The van der Waals surface area contributed by atoms with Crippen LogP contribution in [0.1, 0.15) is 5.56 Å². The van der Waals surface area contributed by atoms with E-state index in [1.165, 1.54) is 11.8 Å². The summed E-state index contributed by atoms with van der Waals surface area (Å²) >= 11 is 18.5. The molecule has 2 heterocycles. The highest BCUT2D eigenvalue weighted by molar-refractivity contribution is 8.26. The third-order valence-corrected chi connectivity index (χ3v) is 6.30. The zero-order valence-electron chi connectivity index (χ0n) is 15.5. The van der Waals surface area contributed by atoms with E-state index in [-0.39, 0.29) is 5.91 Å². The van der Waals surface area contributed by atoms with Gasteiger partial charge in [-0.25, -0.2) is 0 Å². The van der Waals surface area contributed by atoms with Crippen LogP contribution in [0.15, 0.2) is 29.2 Å². The number of carbonyl (C=O) groups excluding carboxylic acids is 1. The molecule has 0 unspecified atom stereocenters. The molecule has 152 valence electrons. The molecule has 2 saturated heterocycles. The van der Waals surface area contributed by atoms with Gasteiger partial charge in [0.05, 0.1) is 24.8 Å². The lowest BCUT2D eigenvalue weighted by Gasteiger charge is -2.29. The van der Waals surface area contributed by atoms with Gasteiger partial charge in [0, 0.05) is 43.6 Å². The number of benzene rings is 1. The van der Waals surface area contributed by atoms with Gasteiger partial charge in [-0.05, 0) is 23.8 Å². The molecule has 0 saturated carbocycles. The number of thioether (sulfide) groups is 1. The van der Waals surface area contributed by atoms with E-state index in [2.05, 4.69) is 9.80 Å². The van der Waals surface area contributed by atoms with Gasteiger partial charge < -0.3 is 9.64 Å². The normalized spacial score (nSPS) is 19.6. The smallest absolute Gasteiger partial charge is 0.267 e. The van der Waals surface area contributed by atoms with Crippen molar-refractivity contribution in [1.29, 1.82) is 0 Å². The molecule has 0 spiro atoms. The number of hydrogen-bond acceptors (Lipinski definition) is 6. The Bertz CT molecular complexity index is 718. The van der Waals surface area contributed by atoms with Crippen LogP contribution in [0.4, 0.5) is 5.69 Å². The van der Waals surface area contributed by atoms with Crippen LogP contribution >= 0.6 is 47.2 Å². The summed E-state index contributed by atoms with van der Waals surface area (Å²) in [5, 5.41) is 0. The van der Waals surface area contributed by atoms with E-state index in [1.54, 1.807) is 4.90 Å². The van der Waals surface area contributed by atoms with Crippen molar-refractivity contribution in [3.8, 4) is 0 Å². The van der Waals surface area contributed by atoms with E-state index in [0.717, 1.165) is 37.4 Å². The molecule has 0 bridgehead atoms. The monoisotopic (exact) mass is 459 g/mol. The summed E-state index contributed by atoms with van der Waals surface area (Å²) in [6.07, 6.45) is 1.90. The molecule has 9 heteroatoms. The number of carbonyl (C=O) groups is 1. The SMILES string of the molecule is O=C1C(=Cc2ccc(N(CCCl)CCCl)cc2)SC(=S)N1CN1CCOCC1. The van der Waals surface area contributed by atoms with Crippen LogP contribution in [0.5, 0.6) is 0 Å². The van der Waals surface area contributed by atoms with E-state index in [1.807, 2.05) is 30.3 Å². The molecule has 0 aliphatic carbocycles. The zero-order valence-corrected chi connectivity index (χ0v) is 18.6. The fraction of sp³-hybridized carbons (Fsp3) is 0.474. The number of rotatable bonds is 8. The maximum Gasteiger partial charge on any atom is 0.267 e. The molecular weight excluding hydrogens is 437 g/mol. The number of morpholine rings is 1. The average Bonchev–Trinajstić information content (AvgIpc) is 2.97. The van der Waals surface area contributed by atoms with Crippen molar-refractivity contribution in [2.24, 2.45) is 0 Å². The summed E-state index contributed by atoms with van der Waals surface area (Å²) < 4.78 is 5.97. The van der Waals surface area contributed by atoms with Crippen LogP contribution in [0.2, 0.25) is 0 Å². The molecule has 2 aliphatic heterocycles. The van der Waals surface area contributed by atoms with E-state index < -0.39 is 0 Å². The van der Waals surface area contributed by atoms with Gasteiger partial charge in [-0.1, -0.05) is 36.1 Å². The lowest BCUT2D eigenvalue weighted by atomic mass is 10.1. The Labute approximate surface area is 185 Å². The quantitative estimate of drug-likeness (QED) is 0.336. The molecule has 0 N–H and O–H groups in total. The predicted molar refractivity (Wildman–Crippen MR) is 122 cm³/mol. The molecule has 0 aromatic heterocycles. The lowest BCUT2D eigenvalue weighted by molar-refractivity contribution is -0.124. The standard InChI is InChI=1S/C19H23Cl2N3O2S2/c20-5-7-23(8-6-21)16-3-1-15(2-4-16)13-17-18(25)24(19(27)28-17)14-22-9-11-26-12-10-22/h1-4,13H,5-12,14H2. The van der Waals surface area contributed by atoms with E-state index in [9.17, 15) is 4.79 Å². The summed E-state index contributed by atoms with van der Waals surface area (Å²) in [5.41, 5.74) is 2.03. The Morgan fingerprint density at radius 2 is 1.79 bits per heavy atom. The van der Waals surface area contributed by atoms with E-state index in [4.69, 9.17) is 40.2 Å². The number of amides is 1. The fourth-order valence-electron chi connectivity index (χ4n) is 3.07. The van der Waals surface area contributed by atoms with Crippen LogP contribution in [0, 0.1) is 0 Å². The predicted octanol–water partition coefficient (Wildman–Crippen LogP) is 3.46. The molecule has 2 fully saturated rings. The van der Waals surface area contributed by atoms with Gasteiger partial charge in [-0.2, -0.15) is 0 Å². The summed E-state index contributed by atoms with van der Waals surface area (Å²) in [6.45, 7) is 5.04. The van der Waals surface area contributed by atoms with Gasteiger partial charge >= 0.3 is 0 Å². The first kappa shape index (κ1) is 21.9. The summed E-state index contributed by atoms with van der Waals surface area (Å²) in [7, 11) is 0. The maximum absolute atomic E-state index is 12.8. The Morgan fingerprint density at radius 3 is 2.39 bits per heavy atom. The Balaban J connectivity index is 1.67. The number of hydrogen-bond donors (Lipinski definition) is 0. The second-order valence-corrected chi connectivity index (χ2v) is 8.87. The first-order valence-electron chi connectivity index (χ1n) is 9.15. The number of anilines is 1. The van der Waals surface area contributed by atoms with Gasteiger partial charge in [0.2, 0.25) is 0 Å². The van der Waals surface area contributed by atoms with E-state index in [0.29, 0.717) is 40.9 Å². The van der Waals surface area contributed by atoms with Crippen LogP contribution in [-0.2, 0) is 9.53 Å². The van der Waals surface area contributed by atoms with Crippen LogP contribution in [0.3, 0.4) is 0 Å². The highest BCUT2D eigenvalue weighted by atomic mass is 35.5. The van der Waals surface area contributed by atoms with Gasteiger partial charge in [0.15, 0.2) is 0 Å². The van der Waals surface area contributed by atoms with E-state index >= 15 is 0 Å². The van der Waals surface area contributed by atoms with Crippen molar-refractivity contribution in [2.45, 2.75) is 0 Å². The Hall–Kier alpha value is -0.830. The maximum atomic E-state index is 12.8. The summed E-state index contributed by atoms with van der Waals surface area (Å²) in [6, 6.07) is 8.05. The minimum atomic E-state index is -0.0310. The third kappa shape index (κ3) is 5.62. The largest absolute Gasteiger partial charge is 0.379 e. The van der Waals surface area contributed by atoms with Crippen molar-refractivity contribution < 1.29 is 9.53 Å². The highest BCUT2D eigenvalue weighted by Crippen LogP contribution is 2.33. The lowest BCUT2D eigenvalue weighted by Crippen LogP contribution is -2.45. The van der Waals surface area contributed by atoms with Crippen molar-refractivity contribution >= 4 is 69.2 Å². The summed E-state index contributed by atoms with van der Waals surface area (Å²) in [4.78, 5) is 19.5. The third-order valence-electron chi connectivity index (χ3n) is 4.58. The molecule has 0 radical (unpaired) electrons. The molecule has 0 atom stereocenters. The second kappa shape index (κ2) is 10.8. The Kier molecular flexibility index (Phi) is 8.44. The molecule has 5 nitrogen and oxygen atoms in total. The van der Waals surface area contributed by atoms with Crippen molar-refractivity contribution in [3.05, 3.63) is 34.7 Å². The van der Waals surface area contributed by atoms with Crippen molar-refractivity contribution in [3.63, 3.8) is 0 Å². The topological polar surface area (TPSA) is 36.0 Å². The fourth-order valence-corrected chi connectivity index (χ4v) is 4.72. The number of nitrogens with zero attached hydrogens (tertiary/aromatic N) is 3. The van der Waals surface area contributed by atoms with Gasteiger partial charge in [0.1, 0.15) is 4.32 Å². The van der Waals surface area contributed by atoms with Gasteiger partial charge in [-0.3, -0.25) is 14.6 Å². The minimum Gasteiger partial charge on any atom is -0.379 e. The Morgan fingerprint density at radius 1 is 1.14 bits per heavy atom. The summed E-state index contributed by atoms with van der Waals surface area (Å²) in [5.74, 6) is 1.06. The van der Waals surface area contributed by atoms with Gasteiger partial charge in [-0.15, -0.1) is 23.2 Å². The number of alkyl halides is 2. The first-order valence-corrected chi connectivity index (χ1v) is 11.4. The van der Waals surface area contributed by atoms with Crippen LogP contribution in [-0.4, -0.2) is 77.8 Å². The number of ether oxygens (including phenoxy) is 1. The first-order chi connectivity index (χ1) is 13.6. The molecule has 1 aromatic rings. The minimum absolute atomic E-state index is 0.0310. The zero-order chi connectivity index (χ0) is 19.9. The van der Waals surface area contributed by atoms with Crippen LogP contribution in [0.25, 0.3) is 6.08 Å². The molecule has 28 heavy (non-hydrogen) atoms. The van der Waals surface area contributed by atoms with Crippen LogP contribution < -0.4 is 4.90 Å². The number of halogens is 2. The molecular formula is C19H23Cl2N3O2S2. The molecule has 3 rings (SSSR count). The second-order valence-electron chi connectivity index (χ2n) is 6.44. The number of thiocarbonyl (C=S) groups is 1. The van der Waals surface area contributed by atoms with Crippen molar-refractivity contribution in [1.82, 2.24) is 9.80 Å². The molecule has 1 amide bonds.